The van der Waals surface area contributed by atoms with E-state index >= 15 is 0 Å². The van der Waals surface area contributed by atoms with Crippen molar-refractivity contribution in [2.75, 3.05) is 5.32 Å². The molecule has 0 aliphatic rings. The van der Waals surface area contributed by atoms with E-state index in [4.69, 9.17) is 0 Å². The number of rotatable bonds is 2. The average molecular weight is 271 g/mol. The van der Waals surface area contributed by atoms with Crippen molar-refractivity contribution in [2.45, 2.75) is 27.7 Å². The molecular weight excluding hydrogens is 254 g/mol. The molecule has 0 aliphatic heterocycles. The molecule has 0 atom stereocenters. The van der Waals surface area contributed by atoms with Crippen LogP contribution in [0.4, 0.5) is 5.69 Å². The molecule has 0 unspecified atom stereocenters. The van der Waals surface area contributed by atoms with E-state index in [9.17, 15) is 9.59 Å². The Morgan fingerprint density at radius 2 is 1.75 bits per heavy atom. The van der Waals surface area contributed by atoms with Gasteiger partial charge in [0.05, 0.1) is 0 Å². The lowest BCUT2D eigenvalue weighted by Gasteiger charge is -2.12. The topological polar surface area (TPSA) is 74.8 Å². The Morgan fingerprint density at radius 1 is 1.15 bits per heavy atom. The largest absolute Gasteiger partial charge is 0.321 e. The molecule has 20 heavy (non-hydrogen) atoms. The van der Waals surface area contributed by atoms with Gasteiger partial charge in [-0.15, -0.1) is 0 Å². The van der Waals surface area contributed by atoms with Gasteiger partial charge in [0.1, 0.15) is 11.4 Å². The molecule has 104 valence electrons. The van der Waals surface area contributed by atoms with E-state index in [1.807, 2.05) is 32.9 Å². The Bertz CT molecular complexity index is 709. The van der Waals surface area contributed by atoms with Crippen molar-refractivity contribution in [3.8, 4) is 0 Å². The van der Waals surface area contributed by atoms with Crippen LogP contribution in [-0.2, 0) is 0 Å². The molecule has 0 aliphatic carbocycles. The van der Waals surface area contributed by atoms with Gasteiger partial charge in [0, 0.05) is 11.9 Å². The number of hydrogen-bond acceptors (Lipinski definition) is 3. The van der Waals surface area contributed by atoms with Crippen LogP contribution in [0.25, 0.3) is 0 Å². The maximum absolute atomic E-state index is 12.2. The SMILES string of the molecule is Cc1cc(C)c(NC(=O)c2cnc(C)[nH]c2=O)c(C)c1. The first-order valence-electron chi connectivity index (χ1n) is 6.33. The smallest absolute Gasteiger partial charge is 0.263 e. The highest BCUT2D eigenvalue weighted by Gasteiger charge is 2.14. The minimum Gasteiger partial charge on any atom is -0.321 e. The molecule has 1 amide bonds. The third kappa shape index (κ3) is 2.77. The van der Waals surface area contributed by atoms with Crippen LogP contribution in [0.5, 0.6) is 0 Å². The van der Waals surface area contributed by atoms with E-state index in [1.165, 1.54) is 6.20 Å². The van der Waals surface area contributed by atoms with Crippen LogP contribution in [-0.4, -0.2) is 15.9 Å². The van der Waals surface area contributed by atoms with Gasteiger partial charge in [0.15, 0.2) is 0 Å². The second-order valence-electron chi connectivity index (χ2n) is 4.94. The average Bonchev–Trinajstić information content (AvgIpc) is 2.33. The number of amides is 1. The zero-order chi connectivity index (χ0) is 14.9. The molecule has 1 heterocycles. The molecule has 5 heteroatoms. The third-order valence-electron chi connectivity index (χ3n) is 3.09. The van der Waals surface area contributed by atoms with Crippen LogP contribution in [0.15, 0.2) is 23.1 Å². The molecule has 2 aromatic rings. The lowest BCUT2D eigenvalue weighted by Crippen LogP contribution is -2.24. The quantitative estimate of drug-likeness (QED) is 0.879. The number of carbonyl (C=O) groups excluding carboxylic acids is 1. The van der Waals surface area contributed by atoms with Gasteiger partial charge in [-0.25, -0.2) is 4.98 Å². The summed E-state index contributed by atoms with van der Waals surface area (Å²) in [6.45, 7) is 7.51. The lowest BCUT2D eigenvalue weighted by atomic mass is 10.0. The minimum atomic E-state index is -0.450. The highest BCUT2D eigenvalue weighted by Crippen LogP contribution is 2.22. The summed E-state index contributed by atoms with van der Waals surface area (Å²) in [5.74, 6) is 0.0306. The number of aromatic nitrogens is 2. The highest BCUT2D eigenvalue weighted by atomic mass is 16.2. The molecule has 0 radical (unpaired) electrons. The van der Waals surface area contributed by atoms with Crippen LogP contribution in [0, 0.1) is 27.7 Å². The number of H-pyrrole nitrogens is 1. The predicted molar refractivity (Wildman–Crippen MR) is 78.2 cm³/mol. The summed E-state index contributed by atoms with van der Waals surface area (Å²) in [6.07, 6.45) is 1.29. The molecule has 0 saturated heterocycles. The van der Waals surface area contributed by atoms with Crippen LogP contribution < -0.4 is 10.9 Å². The van der Waals surface area contributed by atoms with Gasteiger partial charge >= 0.3 is 0 Å². The second kappa shape index (κ2) is 5.28. The van der Waals surface area contributed by atoms with Gasteiger partial charge in [-0.05, 0) is 38.8 Å². The fourth-order valence-electron chi connectivity index (χ4n) is 2.20. The second-order valence-corrected chi connectivity index (χ2v) is 4.94. The summed E-state index contributed by atoms with van der Waals surface area (Å²) in [6, 6.07) is 3.97. The van der Waals surface area contributed by atoms with Crippen molar-refractivity contribution in [2.24, 2.45) is 0 Å². The van der Waals surface area contributed by atoms with Crippen LogP contribution in [0.3, 0.4) is 0 Å². The summed E-state index contributed by atoms with van der Waals surface area (Å²) in [5.41, 5.74) is 3.38. The molecule has 1 aromatic heterocycles. The number of nitrogens with one attached hydrogen (secondary N) is 2. The van der Waals surface area contributed by atoms with Crippen molar-refractivity contribution < 1.29 is 4.79 Å². The van der Waals surface area contributed by atoms with Gasteiger partial charge in [0.2, 0.25) is 0 Å². The number of benzene rings is 1. The first kappa shape index (κ1) is 14.0. The molecular formula is C15H17N3O2. The highest BCUT2D eigenvalue weighted by molar-refractivity contribution is 6.04. The molecule has 0 saturated carbocycles. The fourth-order valence-corrected chi connectivity index (χ4v) is 2.20. The number of hydrogen-bond donors (Lipinski definition) is 2. The van der Waals surface area contributed by atoms with Crippen LogP contribution in [0.1, 0.15) is 32.9 Å². The Morgan fingerprint density at radius 3 is 2.30 bits per heavy atom. The van der Waals surface area contributed by atoms with Gasteiger partial charge in [-0.1, -0.05) is 17.7 Å². The van der Waals surface area contributed by atoms with Crippen LogP contribution in [0.2, 0.25) is 0 Å². The summed E-state index contributed by atoms with van der Waals surface area (Å²) >= 11 is 0. The number of aromatic amines is 1. The molecule has 0 fully saturated rings. The number of anilines is 1. The normalized spacial score (nSPS) is 10.4. The Balaban J connectivity index is 2.35. The molecule has 0 spiro atoms. The van der Waals surface area contributed by atoms with Crippen molar-refractivity contribution >= 4 is 11.6 Å². The molecule has 1 aromatic carbocycles. The number of aryl methyl sites for hydroxylation is 4. The number of carbonyl (C=O) groups is 1. The van der Waals surface area contributed by atoms with Crippen molar-refractivity contribution in [1.82, 2.24) is 9.97 Å². The first-order valence-corrected chi connectivity index (χ1v) is 6.33. The lowest BCUT2D eigenvalue weighted by molar-refractivity contribution is 0.102. The van der Waals surface area contributed by atoms with E-state index in [0.717, 1.165) is 22.4 Å². The minimum absolute atomic E-state index is 0.00924. The maximum atomic E-state index is 12.2. The van der Waals surface area contributed by atoms with Gasteiger partial charge in [-0.2, -0.15) is 0 Å². The van der Waals surface area contributed by atoms with E-state index in [-0.39, 0.29) is 5.56 Å². The van der Waals surface area contributed by atoms with E-state index < -0.39 is 11.5 Å². The van der Waals surface area contributed by atoms with E-state index in [1.54, 1.807) is 6.92 Å². The molecule has 2 rings (SSSR count). The van der Waals surface area contributed by atoms with Crippen molar-refractivity contribution in [3.63, 3.8) is 0 Å². The third-order valence-corrected chi connectivity index (χ3v) is 3.09. The fraction of sp³-hybridized carbons (Fsp3) is 0.267. The Hall–Kier alpha value is -2.43. The monoisotopic (exact) mass is 271 g/mol. The summed E-state index contributed by atoms with van der Waals surface area (Å²) in [4.78, 5) is 30.4. The van der Waals surface area contributed by atoms with Crippen LogP contribution >= 0.6 is 0 Å². The molecule has 2 N–H and O–H groups in total. The zero-order valence-corrected chi connectivity index (χ0v) is 12.0. The van der Waals surface area contributed by atoms with Gasteiger partial charge in [-0.3, -0.25) is 9.59 Å². The van der Waals surface area contributed by atoms with Gasteiger partial charge in [0.25, 0.3) is 11.5 Å². The van der Waals surface area contributed by atoms with Crippen molar-refractivity contribution in [1.29, 1.82) is 0 Å². The predicted octanol–water partition coefficient (Wildman–Crippen LogP) is 2.26. The molecule has 0 bridgehead atoms. The standard InChI is InChI=1S/C15H17N3O2/c1-8-5-9(2)13(10(3)6-8)18-15(20)12-7-16-11(4)17-14(12)19/h5-7H,1-4H3,(H,18,20)(H,16,17,19). The summed E-state index contributed by atoms with van der Waals surface area (Å²) < 4.78 is 0. The number of nitrogens with zero attached hydrogens (tertiary/aromatic N) is 1. The summed E-state index contributed by atoms with van der Waals surface area (Å²) in [5, 5.41) is 2.78. The van der Waals surface area contributed by atoms with Crippen molar-refractivity contribution in [3.05, 3.63) is 56.8 Å². The summed E-state index contributed by atoms with van der Waals surface area (Å²) in [7, 11) is 0. The molecule has 5 nitrogen and oxygen atoms in total. The van der Waals surface area contributed by atoms with E-state index in [2.05, 4.69) is 15.3 Å². The maximum Gasteiger partial charge on any atom is 0.263 e. The Kier molecular flexibility index (Phi) is 3.70. The zero-order valence-electron chi connectivity index (χ0n) is 12.0. The Labute approximate surface area is 117 Å². The first-order chi connectivity index (χ1) is 9.38. The van der Waals surface area contributed by atoms with Gasteiger partial charge < -0.3 is 10.3 Å². The van der Waals surface area contributed by atoms with E-state index in [0.29, 0.717) is 5.82 Å².